The SMILES string of the molecule is COc1cccn2cc(Cc3ccccc3F)nc12. The van der Waals surface area contributed by atoms with Gasteiger partial charge in [0.05, 0.1) is 12.8 Å². The Morgan fingerprint density at radius 3 is 2.84 bits per heavy atom. The van der Waals surface area contributed by atoms with Gasteiger partial charge < -0.3 is 9.14 Å². The minimum absolute atomic E-state index is 0.202. The Hall–Kier alpha value is -2.36. The Morgan fingerprint density at radius 1 is 1.21 bits per heavy atom. The molecule has 0 aliphatic rings. The van der Waals surface area contributed by atoms with Crippen LogP contribution in [0.5, 0.6) is 5.75 Å². The summed E-state index contributed by atoms with van der Waals surface area (Å²) >= 11 is 0. The number of fused-ring (bicyclic) bond motifs is 1. The molecule has 4 heteroatoms. The van der Waals surface area contributed by atoms with Gasteiger partial charge in [-0.1, -0.05) is 18.2 Å². The van der Waals surface area contributed by atoms with E-state index < -0.39 is 0 Å². The molecule has 0 saturated carbocycles. The van der Waals surface area contributed by atoms with Gasteiger partial charge in [0.1, 0.15) is 5.82 Å². The van der Waals surface area contributed by atoms with Crippen molar-refractivity contribution in [1.82, 2.24) is 9.38 Å². The lowest BCUT2D eigenvalue weighted by molar-refractivity contribution is 0.417. The standard InChI is InChI=1S/C15H13FN2O/c1-19-14-7-4-8-18-10-12(17-15(14)18)9-11-5-2-3-6-13(11)16/h2-8,10H,9H2,1H3. The molecule has 0 aliphatic carbocycles. The Balaban J connectivity index is 2.00. The molecule has 2 aromatic heterocycles. The molecule has 0 amide bonds. The van der Waals surface area contributed by atoms with Crippen LogP contribution in [-0.4, -0.2) is 16.5 Å². The van der Waals surface area contributed by atoms with E-state index >= 15 is 0 Å². The second-order valence-corrected chi connectivity index (χ2v) is 4.31. The smallest absolute Gasteiger partial charge is 0.179 e. The van der Waals surface area contributed by atoms with Gasteiger partial charge in [0.2, 0.25) is 0 Å². The zero-order valence-electron chi connectivity index (χ0n) is 10.5. The minimum atomic E-state index is -0.202. The number of methoxy groups -OCH3 is 1. The topological polar surface area (TPSA) is 26.5 Å². The van der Waals surface area contributed by atoms with Gasteiger partial charge in [-0.15, -0.1) is 0 Å². The van der Waals surface area contributed by atoms with Crippen LogP contribution in [0.2, 0.25) is 0 Å². The molecule has 2 heterocycles. The van der Waals surface area contributed by atoms with Gasteiger partial charge in [-0.05, 0) is 23.8 Å². The van der Waals surface area contributed by atoms with Crippen LogP contribution in [0.4, 0.5) is 4.39 Å². The number of imidazole rings is 1. The molecule has 19 heavy (non-hydrogen) atoms. The number of hydrogen-bond acceptors (Lipinski definition) is 2. The maximum Gasteiger partial charge on any atom is 0.179 e. The molecule has 0 fully saturated rings. The lowest BCUT2D eigenvalue weighted by Gasteiger charge is -2.00. The van der Waals surface area contributed by atoms with Crippen LogP contribution in [0, 0.1) is 5.82 Å². The van der Waals surface area contributed by atoms with Gasteiger partial charge in [-0.2, -0.15) is 0 Å². The molecule has 0 atom stereocenters. The summed E-state index contributed by atoms with van der Waals surface area (Å²) in [6, 6.07) is 10.5. The van der Waals surface area contributed by atoms with Gasteiger partial charge in [0.25, 0.3) is 0 Å². The molecule has 1 aromatic carbocycles. The van der Waals surface area contributed by atoms with Crippen molar-refractivity contribution in [3.63, 3.8) is 0 Å². The third-order valence-corrected chi connectivity index (χ3v) is 3.05. The number of rotatable bonds is 3. The lowest BCUT2D eigenvalue weighted by Crippen LogP contribution is -1.92. The van der Waals surface area contributed by atoms with Crippen molar-refractivity contribution in [3.8, 4) is 5.75 Å². The van der Waals surface area contributed by atoms with E-state index in [2.05, 4.69) is 4.98 Å². The molecule has 0 radical (unpaired) electrons. The summed E-state index contributed by atoms with van der Waals surface area (Å²) in [6.45, 7) is 0. The first-order valence-corrected chi connectivity index (χ1v) is 6.02. The summed E-state index contributed by atoms with van der Waals surface area (Å²) < 4.78 is 20.8. The Bertz CT molecular complexity index is 721. The summed E-state index contributed by atoms with van der Waals surface area (Å²) in [5, 5.41) is 0. The largest absolute Gasteiger partial charge is 0.493 e. The van der Waals surface area contributed by atoms with Gasteiger partial charge >= 0.3 is 0 Å². The van der Waals surface area contributed by atoms with Crippen molar-refractivity contribution in [1.29, 1.82) is 0 Å². The quantitative estimate of drug-likeness (QED) is 0.720. The molecule has 0 bridgehead atoms. The van der Waals surface area contributed by atoms with Gasteiger partial charge in [0, 0.05) is 18.8 Å². The summed E-state index contributed by atoms with van der Waals surface area (Å²) in [7, 11) is 1.61. The zero-order valence-corrected chi connectivity index (χ0v) is 10.5. The number of pyridine rings is 1. The van der Waals surface area contributed by atoms with Crippen molar-refractivity contribution in [2.45, 2.75) is 6.42 Å². The fraction of sp³-hybridized carbons (Fsp3) is 0.133. The predicted molar refractivity (Wildman–Crippen MR) is 71.0 cm³/mol. The molecule has 3 aromatic rings. The average Bonchev–Trinajstić information content (AvgIpc) is 2.83. The van der Waals surface area contributed by atoms with Gasteiger partial charge in [-0.25, -0.2) is 9.37 Å². The van der Waals surface area contributed by atoms with Crippen molar-refractivity contribution in [3.05, 3.63) is 65.9 Å². The summed E-state index contributed by atoms with van der Waals surface area (Å²) in [5.41, 5.74) is 2.20. The number of hydrogen-bond donors (Lipinski definition) is 0. The maximum atomic E-state index is 13.6. The molecule has 0 spiro atoms. The lowest BCUT2D eigenvalue weighted by atomic mass is 10.1. The molecular weight excluding hydrogens is 243 g/mol. The predicted octanol–water partition coefficient (Wildman–Crippen LogP) is 3.07. The monoisotopic (exact) mass is 256 g/mol. The first-order chi connectivity index (χ1) is 9.28. The molecule has 0 unspecified atom stereocenters. The van der Waals surface area contributed by atoms with Crippen LogP contribution < -0.4 is 4.74 Å². The molecule has 3 rings (SSSR count). The van der Waals surface area contributed by atoms with Crippen molar-refractivity contribution >= 4 is 5.65 Å². The maximum absolute atomic E-state index is 13.6. The highest BCUT2D eigenvalue weighted by Crippen LogP contribution is 2.20. The molecule has 0 saturated heterocycles. The van der Waals surface area contributed by atoms with Crippen molar-refractivity contribution < 1.29 is 9.13 Å². The Labute approximate surface area is 110 Å². The van der Waals surface area contributed by atoms with Crippen LogP contribution in [0.3, 0.4) is 0 Å². The van der Waals surface area contributed by atoms with E-state index in [4.69, 9.17) is 4.74 Å². The second-order valence-electron chi connectivity index (χ2n) is 4.31. The highest BCUT2D eigenvalue weighted by Gasteiger charge is 2.09. The van der Waals surface area contributed by atoms with E-state index in [1.807, 2.05) is 35.0 Å². The number of aromatic nitrogens is 2. The molecule has 0 N–H and O–H groups in total. The van der Waals surface area contributed by atoms with Crippen molar-refractivity contribution in [2.24, 2.45) is 0 Å². The third kappa shape index (κ3) is 2.17. The van der Waals surface area contributed by atoms with E-state index in [1.54, 1.807) is 19.2 Å². The Morgan fingerprint density at radius 2 is 2.05 bits per heavy atom. The molecular formula is C15H13FN2O. The number of halogens is 1. The van der Waals surface area contributed by atoms with Crippen LogP contribution >= 0.6 is 0 Å². The number of benzene rings is 1. The van der Waals surface area contributed by atoms with Gasteiger partial charge in [-0.3, -0.25) is 0 Å². The first kappa shape index (κ1) is 11.7. The normalized spacial score (nSPS) is 10.8. The van der Waals surface area contributed by atoms with Crippen LogP contribution in [0.1, 0.15) is 11.3 Å². The highest BCUT2D eigenvalue weighted by molar-refractivity contribution is 5.54. The fourth-order valence-corrected chi connectivity index (χ4v) is 2.12. The van der Waals surface area contributed by atoms with Gasteiger partial charge in [0.15, 0.2) is 11.4 Å². The van der Waals surface area contributed by atoms with E-state index in [1.165, 1.54) is 6.07 Å². The second kappa shape index (κ2) is 4.72. The fourth-order valence-electron chi connectivity index (χ4n) is 2.12. The van der Waals surface area contributed by atoms with Crippen LogP contribution in [0.25, 0.3) is 5.65 Å². The van der Waals surface area contributed by atoms with Crippen LogP contribution in [0.15, 0.2) is 48.8 Å². The Kier molecular flexibility index (Phi) is 2.91. The van der Waals surface area contributed by atoms with E-state index in [0.717, 1.165) is 11.3 Å². The summed E-state index contributed by atoms with van der Waals surface area (Å²) in [4.78, 5) is 4.49. The summed E-state index contributed by atoms with van der Waals surface area (Å²) in [5.74, 6) is 0.508. The third-order valence-electron chi connectivity index (χ3n) is 3.05. The minimum Gasteiger partial charge on any atom is -0.493 e. The van der Waals surface area contributed by atoms with E-state index in [-0.39, 0.29) is 5.82 Å². The molecule has 0 aliphatic heterocycles. The molecule has 3 nitrogen and oxygen atoms in total. The van der Waals surface area contributed by atoms with E-state index in [9.17, 15) is 4.39 Å². The van der Waals surface area contributed by atoms with Crippen LogP contribution in [-0.2, 0) is 6.42 Å². The number of nitrogens with zero attached hydrogens (tertiary/aromatic N) is 2. The van der Waals surface area contributed by atoms with Crippen molar-refractivity contribution in [2.75, 3.05) is 7.11 Å². The van der Waals surface area contributed by atoms with E-state index in [0.29, 0.717) is 17.7 Å². The first-order valence-electron chi connectivity index (χ1n) is 6.02. The highest BCUT2D eigenvalue weighted by atomic mass is 19.1. The molecule has 96 valence electrons. The number of ether oxygens (including phenoxy) is 1. The zero-order chi connectivity index (χ0) is 13.2. The summed E-state index contributed by atoms with van der Waals surface area (Å²) in [6.07, 6.45) is 4.26. The average molecular weight is 256 g/mol.